The molecular formula is C16H27N3OS. The normalized spacial score (nSPS) is 28.0. The molecular weight excluding hydrogens is 282 g/mol. The Kier molecular flexibility index (Phi) is 4.94. The van der Waals surface area contributed by atoms with E-state index in [0.29, 0.717) is 6.04 Å². The lowest BCUT2D eigenvalue weighted by atomic mass is 9.56. The van der Waals surface area contributed by atoms with E-state index in [1.165, 1.54) is 4.88 Å². The number of hydrogen-bond donors (Lipinski definition) is 2. The van der Waals surface area contributed by atoms with Crippen molar-refractivity contribution in [2.45, 2.75) is 45.3 Å². The summed E-state index contributed by atoms with van der Waals surface area (Å²) < 4.78 is 5.67. The van der Waals surface area contributed by atoms with Crippen molar-refractivity contribution in [3.63, 3.8) is 0 Å². The second-order valence-electron chi connectivity index (χ2n) is 6.39. The fourth-order valence-electron chi connectivity index (χ4n) is 2.84. The van der Waals surface area contributed by atoms with Gasteiger partial charge in [-0.05, 0) is 31.2 Å². The summed E-state index contributed by atoms with van der Waals surface area (Å²) >= 11 is 1.80. The fourth-order valence-corrected chi connectivity index (χ4v) is 3.55. The van der Waals surface area contributed by atoms with Crippen molar-refractivity contribution >= 4 is 17.3 Å². The number of hydrogen-bond acceptors (Lipinski definition) is 3. The molecule has 5 heteroatoms. The van der Waals surface area contributed by atoms with Crippen LogP contribution in [0.15, 0.2) is 22.5 Å². The van der Waals surface area contributed by atoms with Crippen molar-refractivity contribution in [1.82, 2.24) is 10.6 Å². The third kappa shape index (κ3) is 3.24. The molecule has 0 aromatic carbocycles. The van der Waals surface area contributed by atoms with E-state index in [1.807, 2.05) is 7.05 Å². The lowest BCUT2D eigenvalue weighted by molar-refractivity contribution is -0.176. The van der Waals surface area contributed by atoms with Crippen molar-refractivity contribution in [2.24, 2.45) is 10.4 Å². The SMILES string of the molecule is CN=C(NCCc1cccs1)NC1CC(C)(OC)C1(C)C. The Balaban J connectivity index is 1.81. The van der Waals surface area contributed by atoms with E-state index in [1.54, 1.807) is 18.4 Å². The van der Waals surface area contributed by atoms with Crippen LogP contribution >= 0.6 is 11.3 Å². The molecule has 2 N–H and O–H groups in total. The predicted molar refractivity (Wildman–Crippen MR) is 90.1 cm³/mol. The minimum absolute atomic E-state index is 0.0551. The van der Waals surface area contributed by atoms with Crippen LogP contribution in [-0.2, 0) is 11.2 Å². The molecule has 0 amide bonds. The summed E-state index contributed by atoms with van der Waals surface area (Å²) in [6.07, 6.45) is 2.03. The molecule has 1 aliphatic carbocycles. The molecule has 1 heterocycles. The lowest BCUT2D eigenvalue weighted by Crippen LogP contribution is -2.69. The molecule has 21 heavy (non-hydrogen) atoms. The maximum absolute atomic E-state index is 5.67. The third-order valence-electron chi connectivity index (χ3n) is 5.06. The molecule has 1 aromatic heterocycles. The molecule has 2 rings (SSSR count). The van der Waals surface area contributed by atoms with Crippen LogP contribution in [0.25, 0.3) is 0 Å². The summed E-state index contributed by atoms with van der Waals surface area (Å²) in [5.74, 6) is 0.878. The Morgan fingerprint density at radius 2 is 2.24 bits per heavy atom. The molecule has 2 atom stereocenters. The van der Waals surface area contributed by atoms with Gasteiger partial charge in [0.15, 0.2) is 5.96 Å². The molecule has 1 aliphatic rings. The molecule has 2 unspecified atom stereocenters. The maximum atomic E-state index is 5.67. The number of thiophene rings is 1. The Bertz CT molecular complexity index is 484. The predicted octanol–water partition coefficient (Wildman–Crippen LogP) is 2.66. The molecule has 4 nitrogen and oxygen atoms in total. The quantitative estimate of drug-likeness (QED) is 0.649. The van der Waals surface area contributed by atoms with Gasteiger partial charge in [0.1, 0.15) is 0 Å². The van der Waals surface area contributed by atoms with Crippen LogP contribution in [0.5, 0.6) is 0 Å². The van der Waals surface area contributed by atoms with Gasteiger partial charge in [-0.15, -0.1) is 11.3 Å². The van der Waals surface area contributed by atoms with E-state index >= 15 is 0 Å². The average Bonchev–Trinajstić information content (AvgIpc) is 2.98. The van der Waals surface area contributed by atoms with Crippen molar-refractivity contribution in [1.29, 1.82) is 0 Å². The first-order chi connectivity index (χ1) is 9.93. The summed E-state index contributed by atoms with van der Waals surface area (Å²) in [6, 6.07) is 4.65. The van der Waals surface area contributed by atoms with Gasteiger partial charge in [0.25, 0.3) is 0 Å². The molecule has 0 aliphatic heterocycles. The van der Waals surface area contributed by atoms with E-state index in [9.17, 15) is 0 Å². The second kappa shape index (κ2) is 6.36. The second-order valence-corrected chi connectivity index (χ2v) is 7.42. The Labute approximate surface area is 132 Å². The van der Waals surface area contributed by atoms with Gasteiger partial charge in [0, 0.05) is 37.0 Å². The topological polar surface area (TPSA) is 45.7 Å². The van der Waals surface area contributed by atoms with Crippen molar-refractivity contribution < 1.29 is 4.74 Å². The molecule has 118 valence electrons. The highest BCUT2D eigenvalue weighted by molar-refractivity contribution is 7.09. The molecule has 1 aromatic rings. The standard InChI is InChI=1S/C16H27N3OS/c1-15(2)13(11-16(15,3)20-5)19-14(17-4)18-9-8-12-7-6-10-21-12/h6-7,10,13H,8-9,11H2,1-5H3,(H2,17,18,19). The third-order valence-corrected chi connectivity index (χ3v) is 5.99. The summed E-state index contributed by atoms with van der Waals surface area (Å²) in [7, 11) is 3.62. The van der Waals surface area contributed by atoms with Gasteiger partial charge in [0.05, 0.1) is 5.60 Å². The minimum atomic E-state index is -0.0551. The highest BCUT2D eigenvalue weighted by Crippen LogP contribution is 2.51. The summed E-state index contributed by atoms with van der Waals surface area (Å²) in [4.78, 5) is 5.72. The number of guanidine groups is 1. The number of rotatable bonds is 5. The number of methoxy groups -OCH3 is 1. The van der Waals surface area contributed by atoms with Gasteiger partial charge in [-0.3, -0.25) is 4.99 Å². The Morgan fingerprint density at radius 1 is 1.48 bits per heavy atom. The van der Waals surface area contributed by atoms with Crippen LogP contribution in [0, 0.1) is 5.41 Å². The molecule has 0 radical (unpaired) electrons. The van der Waals surface area contributed by atoms with Crippen LogP contribution in [0.2, 0.25) is 0 Å². The summed E-state index contributed by atoms with van der Waals surface area (Å²) in [5.41, 5.74) is 0.0353. The first-order valence-corrected chi connectivity index (χ1v) is 8.35. The minimum Gasteiger partial charge on any atom is -0.378 e. The maximum Gasteiger partial charge on any atom is 0.191 e. The van der Waals surface area contributed by atoms with Crippen LogP contribution < -0.4 is 10.6 Å². The van der Waals surface area contributed by atoms with Gasteiger partial charge in [-0.25, -0.2) is 0 Å². The number of nitrogens with one attached hydrogen (secondary N) is 2. The van der Waals surface area contributed by atoms with Gasteiger partial charge in [-0.2, -0.15) is 0 Å². The molecule has 0 saturated heterocycles. The number of aliphatic imine (C=N–C) groups is 1. The highest BCUT2D eigenvalue weighted by Gasteiger charge is 2.57. The van der Waals surface area contributed by atoms with Gasteiger partial charge < -0.3 is 15.4 Å². The first kappa shape index (κ1) is 16.3. The largest absolute Gasteiger partial charge is 0.378 e. The molecule has 1 fully saturated rings. The van der Waals surface area contributed by atoms with Crippen LogP contribution in [0.4, 0.5) is 0 Å². The fraction of sp³-hybridized carbons (Fsp3) is 0.688. The van der Waals surface area contributed by atoms with E-state index in [4.69, 9.17) is 4.74 Å². The summed E-state index contributed by atoms with van der Waals surface area (Å²) in [5, 5.41) is 9.04. The number of ether oxygens (including phenoxy) is 1. The Hall–Kier alpha value is -1.07. The average molecular weight is 309 g/mol. The molecule has 0 bridgehead atoms. The van der Waals surface area contributed by atoms with Crippen LogP contribution in [-0.4, -0.2) is 38.3 Å². The summed E-state index contributed by atoms with van der Waals surface area (Å²) in [6.45, 7) is 7.57. The number of nitrogens with zero attached hydrogens (tertiary/aromatic N) is 1. The lowest BCUT2D eigenvalue weighted by Gasteiger charge is -2.59. The zero-order valence-corrected chi connectivity index (χ0v) is 14.5. The van der Waals surface area contributed by atoms with Crippen molar-refractivity contribution in [2.75, 3.05) is 20.7 Å². The van der Waals surface area contributed by atoms with Gasteiger partial charge in [0.2, 0.25) is 0 Å². The molecule has 1 saturated carbocycles. The monoisotopic (exact) mass is 309 g/mol. The Morgan fingerprint density at radius 3 is 2.76 bits per heavy atom. The van der Waals surface area contributed by atoms with Gasteiger partial charge >= 0.3 is 0 Å². The van der Waals surface area contributed by atoms with E-state index in [0.717, 1.165) is 25.3 Å². The zero-order valence-electron chi connectivity index (χ0n) is 13.7. The molecule has 0 spiro atoms. The van der Waals surface area contributed by atoms with E-state index in [2.05, 4.69) is 53.9 Å². The van der Waals surface area contributed by atoms with Crippen molar-refractivity contribution in [3.05, 3.63) is 22.4 Å². The van der Waals surface area contributed by atoms with Crippen LogP contribution in [0.1, 0.15) is 32.1 Å². The van der Waals surface area contributed by atoms with Crippen LogP contribution in [0.3, 0.4) is 0 Å². The highest BCUT2D eigenvalue weighted by atomic mass is 32.1. The first-order valence-electron chi connectivity index (χ1n) is 7.47. The van der Waals surface area contributed by atoms with E-state index in [-0.39, 0.29) is 11.0 Å². The van der Waals surface area contributed by atoms with Crippen molar-refractivity contribution in [3.8, 4) is 0 Å². The van der Waals surface area contributed by atoms with Gasteiger partial charge in [-0.1, -0.05) is 19.9 Å². The zero-order chi connectivity index (χ0) is 15.5. The van der Waals surface area contributed by atoms with E-state index < -0.39 is 0 Å². The smallest absolute Gasteiger partial charge is 0.191 e.